The third-order valence-corrected chi connectivity index (χ3v) is 7.68. The number of carbonyl (C=O) groups excluding carboxylic acids is 2. The second-order valence-corrected chi connectivity index (χ2v) is 10.3. The van der Waals surface area contributed by atoms with Crippen molar-refractivity contribution < 1.29 is 19.4 Å². The number of halogens is 2. The normalized spacial score (nSPS) is 11.4. The molecule has 0 aliphatic rings. The summed E-state index contributed by atoms with van der Waals surface area (Å²) in [5.74, 6) is -1.20. The largest absolute Gasteiger partial charge is 0.546 e. The molecule has 0 unspecified atom stereocenters. The minimum Gasteiger partial charge on any atom is -0.546 e. The number of benzene rings is 2. The molecule has 3 rings (SSSR count). The molecule has 0 amide bonds. The molecular formula is C24H21Cl2O4S2-. The minimum absolute atomic E-state index is 0.0209. The van der Waals surface area contributed by atoms with Gasteiger partial charge in [0.2, 0.25) is 0 Å². The van der Waals surface area contributed by atoms with Crippen LogP contribution in [0.25, 0.3) is 10.4 Å². The third-order valence-electron chi connectivity index (χ3n) is 4.86. The average Bonchev–Trinajstić information content (AvgIpc) is 3.26. The molecule has 0 saturated heterocycles. The van der Waals surface area contributed by atoms with E-state index in [-0.39, 0.29) is 28.0 Å². The molecule has 2 aromatic carbocycles. The Hall–Kier alpha value is -1.99. The molecule has 0 atom stereocenters. The number of thiophene rings is 1. The number of aliphatic carboxylic acids is 1. The van der Waals surface area contributed by atoms with E-state index in [0.717, 1.165) is 10.4 Å². The van der Waals surface area contributed by atoms with Crippen molar-refractivity contribution in [3.63, 3.8) is 0 Å². The predicted molar refractivity (Wildman–Crippen MR) is 130 cm³/mol. The van der Waals surface area contributed by atoms with Crippen LogP contribution in [0.4, 0.5) is 0 Å². The van der Waals surface area contributed by atoms with Gasteiger partial charge in [-0.3, -0.25) is 4.79 Å². The average molecular weight is 508 g/mol. The number of carbonyl (C=O) groups is 2. The van der Waals surface area contributed by atoms with E-state index in [0.29, 0.717) is 16.9 Å². The molecule has 0 aliphatic heterocycles. The first-order chi connectivity index (χ1) is 15.1. The first-order valence-corrected chi connectivity index (χ1v) is 12.6. The lowest BCUT2D eigenvalue weighted by atomic mass is 10.1. The lowest BCUT2D eigenvalue weighted by Crippen LogP contribution is -2.48. The van der Waals surface area contributed by atoms with Crippen LogP contribution in [0.5, 0.6) is 5.75 Å². The standard InChI is InChI=1S/C24H22Cl2O4S2/c1-24(2,23(28)29)30-18-11-7-15(21(25)22(18)26)6-10-17(27)20-13-12-19(32-20)14-4-8-16(31-3)9-5-14/h4-5,7-9,11-13H,6,10H2,1-3H3,(H,28,29)/p-1. The molecule has 8 heteroatoms. The highest BCUT2D eigenvalue weighted by molar-refractivity contribution is 7.98. The van der Waals surface area contributed by atoms with Crippen LogP contribution in [-0.2, 0) is 11.2 Å². The fourth-order valence-corrected chi connectivity index (χ4v) is 4.79. The van der Waals surface area contributed by atoms with E-state index in [1.54, 1.807) is 23.9 Å². The van der Waals surface area contributed by atoms with Crippen LogP contribution < -0.4 is 9.84 Å². The number of aryl methyl sites for hydroxylation is 1. The van der Waals surface area contributed by atoms with E-state index >= 15 is 0 Å². The molecule has 0 saturated carbocycles. The van der Waals surface area contributed by atoms with Crippen molar-refractivity contribution >= 4 is 58.1 Å². The summed E-state index contributed by atoms with van der Waals surface area (Å²) in [5.41, 5.74) is 0.210. The molecule has 32 heavy (non-hydrogen) atoms. The van der Waals surface area contributed by atoms with Crippen molar-refractivity contribution in [2.45, 2.75) is 37.2 Å². The second-order valence-electron chi connectivity index (χ2n) is 7.57. The number of carboxylic acids is 1. The van der Waals surface area contributed by atoms with E-state index in [9.17, 15) is 14.7 Å². The van der Waals surface area contributed by atoms with Gasteiger partial charge in [-0.05, 0) is 68.0 Å². The minimum atomic E-state index is -1.56. The SMILES string of the molecule is CSc1ccc(-c2ccc(C(=O)CCc3ccc(OC(C)(C)C(=O)[O-])c(Cl)c3Cl)s2)cc1. The topological polar surface area (TPSA) is 66.4 Å². The third kappa shape index (κ3) is 5.67. The molecule has 4 nitrogen and oxygen atoms in total. The number of hydrogen-bond donors (Lipinski definition) is 0. The van der Waals surface area contributed by atoms with Gasteiger partial charge in [-0.25, -0.2) is 0 Å². The summed E-state index contributed by atoms with van der Waals surface area (Å²) in [6.45, 7) is 2.73. The smallest absolute Gasteiger partial charge is 0.173 e. The van der Waals surface area contributed by atoms with Gasteiger partial charge >= 0.3 is 0 Å². The zero-order valence-corrected chi connectivity index (χ0v) is 20.9. The van der Waals surface area contributed by atoms with Gasteiger partial charge in [0, 0.05) is 16.2 Å². The van der Waals surface area contributed by atoms with Gasteiger partial charge in [-0.1, -0.05) is 41.4 Å². The highest BCUT2D eigenvalue weighted by atomic mass is 35.5. The summed E-state index contributed by atoms with van der Waals surface area (Å²) in [6.07, 6.45) is 2.70. The molecule has 1 heterocycles. The van der Waals surface area contributed by atoms with Crippen molar-refractivity contribution in [1.82, 2.24) is 0 Å². The molecule has 0 radical (unpaired) electrons. The quantitative estimate of drug-likeness (QED) is 0.256. The van der Waals surface area contributed by atoms with Gasteiger partial charge < -0.3 is 14.6 Å². The van der Waals surface area contributed by atoms with Crippen molar-refractivity contribution in [2.75, 3.05) is 6.26 Å². The molecule has 0 N–H and O–H groups in total. The van der Waals surface area contributed by atoms with Gasteiger partial charge in [-0.2, -0.15) is 0 Å². The van der Waals surface area contributed by atoms with Crippen molar-refractivity contribution in [2.24, 2.45) is 0 Å². The maximum Gasteiger partial charge on any atom is 0.173 e. The van der Waals surface area contributed by atoms with Crippen LogP contribution in [0.15, 0.2) is 53.4 Å². The van der Waals surface area contributed by atoms with Gasteiger partial charge in [0.05, 0.1) is 15.9 Å². The zero-order chi connectivity index (χ0) is 23.5. The van der Waals surface area contributed by atoms with Crippen LogP contribution in [0.2, 0.25) is 10.0 Å². The molecular weight excluding hydrogens is 487 g/mol. The van der Waals surface area contributed by atoms with Gasteiger partial charge in [0.25, 0.3) is 0 Å². The predicted octanol–water partition coefficient (Wildman–Crippen LogP) is 6.17. The fraction of sp³-hybridized carbons (Fsp3) is 0.250. The Balaban J connectivity index is 1.68. The van der Waals surface area contributed by atoms with E-state index in [4.69, 9.17) is 27.9 Å². The summed E-state index contributed by atoms with van der Waals surface area (Å²) in [5, 5.41) is 11.5. The molecule has 3 aromatic rings. The fourth-order valence-electron chi connectivity index (χ4n) is 2.93. The summed E-state index contributed by atoms with van der Waals surface area (Å²) >= 11 is 15.8. The molecule has 0 aliphatic carbocycles. The summed E-state index contributed by atoms with van der Waals surface area (Å²) in [7, 11) is 0. The van der Waals surface area contributed by atoms with Gasteiger partial charge in [-0.15, -0.1) is 23.1 Å². The zero-order valence-electron chi connectivity index (χ0n) is 17.7. The van der Waals surface area contributed by atoms with Crippen LogP contribution >= 0.6 is 46.3 Å². The van der Waals surface area contributed by atoms with Crippen LogP contribution in [0, 0.1) is 0 Å². The van der Waals surface area contributed by atoms with Gasteiger partial charge in [0.15, 0.2) is 5.78 Å². The Bertz CT molecular complexity index is 1140. The Labute approximate surface area is 205 Å². The van der Waals surface area contributed by atoms with Crippen molar-refractivity contribution in [1.29, 1.82) is 0 Å². The number of ketones is 1. The highest BCUT2D eigenvalue weighted by Gasteiger charge is 2.24. The highest BCUT2D eigenvalue weighted by Crippen LogP contribution is 2.37. The summed E-state index contributed by atoms with van der Waals surface area (Å²) in [6, 6.07) is 15.3. The molecule has 1 aromatic heterocycles. The first-order valence-electron chi connectivity index (χ1n) is 9.77. The van der Waals surface area contributed by atoms with Crippen molar-refractivity contribution in [3.05, 3.63) is 69.0 Å². The lowest BCUT2D eigenvalue weighted by molar-refractivity contribution is -0.320. The Morgan fingerprint density at radius 3 is 2.34 bits per heavy atom. The van der Waals surface area contributed by atoms with Gasteiger partial charge in [0.1, 0.15) is 16.4 Å². The van der Waals surface area contributed by atoms with E-state index in [1.807, 2.05) is 18.4 Å². The Morgan fingerprint density at radius 2 is 1.72 bits per heavy atom. The summed E-state index contributed by atoms with van der Waals surface area (Å²) in [4.78, 5) is 26.8. The maximum atomic E-state index is 12.7. The van der Waals surface area contributed by atoms with Crippen LogP contribution in [0.1, 0.15) is 35.5 Å². The number of carboxylic acid groups (broad SMARTS) is 1. The number of Topliss-reactive ketones (excluding diaryl/α,β-unsaturated/α-hetero) is 1. The Kier molecular flexibility index (Phi) is 7.93. The Morgan fingerprint density at radius 1 is 1.03 bits per heavy atom. The van der Waals surface area contributed by atoms with Crippen molar-refractivity contribution in [3.8, 4) is 16.2 Å². The van der Waals surface area contributed by atoms with E-state index in [2.05, 4.69) is 24.3 Å². The van der Waals surface area contributed by atoms with E-state index < -0.39 is 11.6 Å². The second kappa shape index (κ2) is 10.3. The van der Waals surface area contributed by atoms with Crippen LogP contribution in [-0.4, -0.2) is 23.6 Å². The lowest BCUT2D eigenvalue weighted by Gasteiger charge is -2.28. The number of thioether (sulfide) groups is 1. The monoisotopic (exact) mass is 507 g/mol. The molecule has 168 valence electrons. The summed E-state index contributed by atoms with van der Waals surface area (Å²) < 4.78 is 5.44. The number of hydrogen-bond acceptors (Lipinski definition) is 6. The van der Waals surface area contributed by atoms with E-state index in [1.165, 1.54) is 30.1 Å². The molecule has 0 spiro atoms. The first kappa shape index (κ1) is 24.6. The number of rotatable bonds is 9. The number of ether oxygens (including phenoxy) is 1. The molecule has 0 fully saturated rings. The maximum absolute atomic E-state index is 12.7. The molecule has 0 bridgehead atoms. The van der Waals surface area contributed by atoms with Crippen LogP contribution in [0.3, 0.4) is 0 Å².